The van der Waals surface area contributed by atoms with Crippen molar-refractivity contribution in [3.63, 3.8) is 0 Å². The molecular formula is C29H31FN4OS. The van der Waals surface area contributed by atoms with Gasteiger partial charge in [-0.3, -0.25) is 0 Å². The number of aryl methyl sites for hydroxylation is 2. The molecule has 1 aliphatic carbocycles. The Morgan fingerprint density at radius 2 is 1.86 bits per heavy atom. The van der Waals surface area contributed by atoms with Gasteiger partial charge < -0.3 is 10.0 Å². The number of hydrogen-bond donors (Lipinski definition) is 2. The highest BCUT2D eigenvalue weighted by molar-refractivity contribution is 7.86. The second-order valence-corrected chi connectivity index (χ2v) is 10.6. The molecule has 0 amide bonds. The lowest BCUT2D eigenvalue weighted by molar-refractivity contribution is 0.461. The van der Waals surface area contributed by atoms with Gasteiger partial charge in [-0.25, -0.2) is 18.6 Å². The molecule has 0 radical (unpaired) electrons. The molecule has 186 valence electrons. The molecule has 7 heteroatoms. The van der Waals surface area contributed by atoms with Crippen LogP contribution in [0.2, 0.25) is 0 Å². The van der Waals surface area contributed by atoms with Crippen LogP contribution in [0, 0.1) is 12.7 Å². The number of fused-ring (bicyclic) bond motifs is 1. The third-order valence-corrected chi connectivity index (χ3v) is 8.02. The van der Waals surface area contributed by atoms with Gasteiger partial charge in [0.1, 0.15) is 5.82 Å². The third-order valence-electron chi connectivity index (χ3n) is 6.87. The Morgan fingerprint density at radius 1 is 1.06 bits per heavy atom. The Morgan fingerprint density at radius 3 is 2.61 bits per heavy atom. The summed E-state index contributed by atoms with van der Waals surface area (Å²) in [6.07, 6.45) is 8.99. The maximum Gasteiger partial charge on any atom is 0.223 e. The van der Waals surface area contributed by atoms with Crippen molar-refractivity contribution in [3.05, 3.63) is 77.7 Å². The largest absolute Gasteiger partial charge is 0.351 e. The van der Waals surface area contributed by atoms with E-state index in [1.54, 1.807) is 12.1 Å². The molecule has 0 bridgehead atoms. The highest BCUT2D eigenvalue weighted by Gasteiger charge is 2.16. The highest BCUT2D eigenvalue weighted by atomic mass is 32.2. The first kappa shape index (κ1) is 24.4. The van der Waals surface area contributed by atoms with Crippen LogP contribution in [0.1, 0.15) is 50.2 Å². The Balaban J connectivity index is 1.40. The lowest BCUT2D eigenvalue weighted by atomic mass is 9.95. The maximum absolute atomic E-state index is 14.0. The van der Waals surface area contributed by atoms with Crippen LogP contribution in [0.3, 0.4) is 0 Å². The van der Waals surface area contributed by atoms with Crippen LogP contribution >= 0.6 is 0 Å². The zero-order chi connectivity index (χ0) is 25.1. The molecule has 0 aliphatic heterocycles. The van der Waals surface area contributed by atoms with E-state index in [2.05, 4.69) is 34.1 Å². The molecular weight excluding hydrogens is 471 g/mol. The van der Waals surface area contributed by atoms with Crippen molar-refractivity contribution in [1.29, 1.82) is 0 Å². The van der Waals surface area contributed by atoms with Crippen LogP contribution < -0.4 is 10.0 Å². The molecule has 4 aromatic rings. The smallest absolute Gasteiger partial charge is 0.223 e. The van der Waals surface area contributed by atoms with Gasteiger partial charge in [-0.2, -0.15) is 0 Å². The topological polar surface area (TPSA) is 66.9 Å². The van der Waals surface area contributed by atoms with Gasteiger partial charge in [0.05, 0.1) is 10.4 Å². The van der Waals surface area contributed by atoms with E-state index >= 15 is 0 Å². The molecule has 1 aliphatic rings. The number of nitrogens with zero attached hydrogens (tertiary/aromatic N) is 2. The second-order valence-electron chi connectivity index (χ2n) is 9.43. The minimum Gasteiger partial charge on any atom is -0.351 e. The first-order valence-corrected chi connectivity index (χ1v) is 13.8. The zero-order valence-corrected chi connectivity index (χ0v) is 21.5. The molecule has 1 fully saturated rings. The summed E-state index contributed by atoms with van der Waals surface area (Å²) in [5.74, 6) is 0.227. The van der Waals surface area contributed by atoms with Crippen molar-refractivity contribution in [3.8, 4) is 11.1 Å². The van der Waals surface area contributed by atoms with Crippen LogP contribution in [0.5, 0.6) is 0 Å². The predicted molar refractivity (Wildman–Crippen MR) is 146 cm³/mol. The average molecular weight is 503 g/mol. The van der Waals surface area contributed by atoms with Crippen LogP contribution in [0.15, 0.2) is 65.7 Å². The van der Waals surface area contributed by atoms with Crippen molar-refractivity contribution >= 4 is 33.5 Å². The molecule has 0 spiro atoms. The van der Waals surface area contributed by atoms with Crippen molar-refractivity contribution < 1.29 is 8.60 Å². The maximum atomic E-state index is 14.0. The summed E-state index contributed by atoms with van der Waals surface area (Å²) < 4.78 is 29.5. The number of nitrogens with one attached hydrogen (secondary N) is 2. The van der Waals surface area contributed by atoms with Gasteiger partial charge >= 0.3 is 0 Å². The van der Waals surface area contributed by atoms with E-state index in [1.165, 1.54) is 49.8 Å². The van der Waals surface area contributed by atoms with Gasteiger partial charge in [-0.1, -0.05) is 44.4 Å². The van der Waals surface area contributed by atoms with E-state index in [4.69, 9.17) is 4.98 Å². The molecule has 5 rings (SSSR count). The Kier molecular flexibility index (Phi) is 7.28. The number of rotatable bonds is 7. The lowest BCUT2D eigenvalue weighted by Gasteiger charge is -2.22. The summed E-state index contributed by atoms with van der Waals surface area (Å²) in [6.45, 7) is 4.17. The number of hydrogen-bond acceptors (Lipinski definition) is 4. The molecule has 1 saturated carbocycles. The van der Waals surface area contributed by atoms with Crippen LogP contribution in [-0.4, -0.2) is 20.2 Å². The van der Waals surface area contributed by atoms with Gasteiger partial charge in [0.25, 0.3) is 0 Å². The summed E-state index contributed by atoms with van der Waals surface area (Å²) >= 11 is 0. The molecule has 5 nitrogen and oxygen atoms in total. The minimum absolute atomic E-state index is 0.138. The molecule has 1 heterocycles. The van der Waals surface area contributed by atoms with Crippen molar-refractivity contribution in [2.24, 2.45) is 0 Å². The molecule has 1 atom stereocenters. The normalized spacial score (nSPS) is 15.1. The Labute approximate surface area is 214 Å². The van der Waals surface area contributed by atoms with E-state index < -0.39 is 16.8 Å². The first-order valence-electron chi connectivity index (χ1n) is 12.6. The van der Waals surface area contributed by atoms with Gasteiger partial charge in [-0.05, 0) is 84.8 Å². The van der Waals surface area contributed by atoms with Gasteiger partial charge in [0.15, 0.2) is 11.0 Å². The Bertz CT molecular complexity index is 1420. The Hall–Kier alpha value is -3.32. The number of benzene rings is 3. The van der Waals surface area contributed by atoms with Crippen molar-refractivity contribution in [2.75, 3.05) is 10.0 Å². The van der Waals surface area contributed by atoms with E-state index in [1.807, 2.05) is 31.3 Å². The van der Waals surface area contributed by atoms with Crippen LogP contribution in [0.25, 0.3) is 22.0 Å². The summed E-state index contributed by atoms with van der Waals surface area (Å²) in [4.78, 5) is 9.64. The first-order chi connectivity index (χ1) is 17.5. The van der Waals surface area contributed by atoms with Crippen LogP contribution in [0.4, 0.5) is 16.0 Å². The van der Waals surface area contributed by atoms with Gasteiger partial charge in [0.2, 0.25) is 5.95 Å². The molecule has 1 unspecified atom stereocenters. The summed E-state index contributed by atoms with van der Waals surface area (Å²) in [5, 5.41) is 4.55. The fourth-order valence-corrected chi connectivity index (χ4v) is 5.85. The quantitative estimate of drug-likeness (QED) is 0.281. The summed E-state index contributed by atoms with van der Waals surface area (Å²) in [7, 11) is -1.68. The zero-order valence-electron chi connectivity index (χ0n) is 20.7. The fourth-order valence-electron chi connectivity index (χ4n) is 4.95. The van der Waals surface area contributed by atoms with Gasteiger partial charge in [-0.15, -0.1) is 0 Å². The number of anilines is 2. The van der Waals surface area contributed by atoms with E-state index in [0.29, 0.717) is 17.7 Å². The monoisotopic (exact) mass is 502 g/mol. The highest BCUT2D eigenvalue weighted by Crippen LogP contribution is 2.32. The number of aromatic nitrogens is 2. The van der Waals surface area contributed by atoms with Crippen LogP contribution in [-0.2, 0) is 17.4 Å². The lowest BCUT2D eigenvalue weighted by Crippen LogP contribution is -2.23. The minimum atomic E-state index is -1.68. The summed E-state index contributed by atoms with van der Waals surface area (Å²) in [6, 6.07) is 16.7. The second kappa shape index (κ2) is 10.7. The van der Waals surface area contributed by atoms with E-state index in [0.717, 1.165) is 34.0 Å². The number of halogens is 1. The van der Waals surface area contributed by atoms with E-state index in [9.17, 15) is 8.60 Å². The summed E-state index contributed by atoms with van der Waals surface area (Å²) in [5.41, 5.74) is 6.05. The van der Waals surface area contributed by atoms with Crippen molar-refractivity contribution in [2.45, 2.75) is 63.3 Å². The predicted octanol–water partition coefficient (Wildman–Crippen LogP) is 7.19. The van der Waals surface area contributed by atoms with Gasteiger partial charge in [0, 0.05) is 23.3 Å². The molecule has 3 aromatic carbocycles. The van der Waals surface area contributed by atoms with E-state index in [-0.39, 0.29) is 4.90 Å². The molecule has 2 N–H and O–H groups in total. The molecule has 1 aromatic heterocycles. The van der Waals surface area contributed by atoms with Crippen molar-refractivity contribution in [1.82, 2.24) is 9.97 Å². The molecule has 0 saturated heterocycles. The SMILES string of the molecule is CCc1cc(-c2ccc(NS(=O)c3ccccc3F)cc2C)cc2cnc(NC3CCCCC3)nc12. The molecule has 36 heavy (non-hydrogen) atoms. The standard InChI is InChI=1S/C29H31FN4OS/c1-3-20-16-21(17-22-18-31-29(33-28(20)22)32-23-9-5-4-6-10-23)25-14-13-24(15-19(25)2)34-36(35)27-12-8-7-11-26(27)30/h7-8,11-18,23,34H,3-6,9-10H2,1-2H3,(H,31,32,33). The fraction of sp³-hybridized carbons (Fsp3) is 0.310. The third kappa shape index (κ3) is 5.26. The average Bonchev–Trinajstić information content (AvgIpc) is 2.89.